The number of ether oxygens (including phenoxy) is 1. The normalized spacial score (nSPS) is 12.4. The summed E-state index contributed by atoms with van der Waals surface area (Å²) >= 11 is 6.06. The van der Waals surface area contributed by atoms with E-state index >= 15 is 0 Å². The Morgan fingerprint density at radius 2 is 2.16 bits per heavy atom. The van der Waals surface area contributed by atoms with Gasteiger partial charge in [-0.2, -0.15) is 5.10 Å². The summed E-state index contributed by atoms with van der Waals surface area (Å²) in [6, 6.07) is 9.64. The Bertz CT molecular complexity index is 677. The lowest BCUT2D eigenvalue weighted by atomic mass is 10.1. The molecule has 0 fully saturated rings. The highest BCUT2D eigenvalue weighted by atomic mass is 127. The third kappa shape index (κ3) is 6.83. The highest BCUT2D eigenvalue weighted by Gasteiger charge is 2.11. The van der Waals surface area contributed by atoms with Crippen LogP contribution in [0.25, 0.3) is 0 Å². The van der Waals surface area contributed by atoms with Crippen molar-refractivity contribution in [3.63, 3.8) is 0 Å². The van der Waals surface area contributed by atoms with Crippen molar-refractivity contribution in [1.29, 1.82) is 0 Å². The fraction of sp³-hybridized carbons (Fsp3) is 0.412. The topological polar surface area (TPSA) is 63.5 Å². The lowest BCUT2D eigenvalue weighted by Crippen LogP contribution is -2.39. The minimum atomic E-state index is -0.107. The molecule has 8 heteroatoms. The highest BCUT2D eigenvalue weighted by Crippen LogP contribution is 2.19. The number of aliphatic imine (C=N–C) groups is 1. The van der Waals surface area contributed by atoms with Crippen LogP contribution < -0.4 is 10.6 Å². The number of guanidine groups is 1. The van der Waals surface area contributed by atoms with Gasteiger partial charge in [-0.05, 0) is 30.7 Å². The van der Waals surface area contributed by atoms with Crippen LogP contribution in [0.5, 0.6) is 0 Å². The highest BCUT2D eigenvalue weighted by molar-refractivity contribution is 14.0. The fourth-order valence-electron chi connectivity index (χ4n) is 2.29. The number of rotatable bonds is 7. The zero-order valence-electron chi connectivity index (χ0n) is 14.7. The van der Waals surface area contributed by atoms with Gasteiger partial charge in [0.05, 0.1) is 18.3 Å². The molecule has 6 nitrogen and oxygen atoms in total. The zero-order valence-corrected chi connectivity index (χ0v) is 17.8. The minimum absolute atomic E-state index is 0. The Morgan fingerprint density at radius 1 is 1.36 bits per heavy atom. The van der Waals surface area contributed by atoms with Crippen molar-refractivity contribution in [2.24, 2.45) is 12.0 Å². The van der Waals surface area contributed by atoms with E-state index < -0.39 is 0 Å². The predicted molar refractivity (Wildman–Crippen MR) is 113 cm³/mol. The maximum atomic E-state index is 6.06. The van der Waals surface area contributed by atoms with Gasteiger partial charge in [-0.15, -0.1) is 24.0 Å². The summed E-state index contributed by atoms with van der Waals surface area (Å²) < 4.78 is 7.39. The number of hydrogen-bond acceptors (Lipinski definition) is 3. The number of halogens is 2. The number of aromatic nitrogens is 2. The molecule has 0 saturated heterocycles. The SMILES string of the molecule is CCNC(=NCc1ccnn1C)NCC(OC)c1cccc(Cl)c1.I. The number of benzene rings is 1. The Morgan fingerprint density at radius 3 is 2.76 bits per heavy atom. The van der Waals surface area contributed by atoms with Gasteiger partial charge in [-0.3, -0.25) is 4.68 Å². The van der Waals surface area contributed by atoms with E-state index in [4.69, 9.17) is 16.3 Å². The van der Waals surface area contributed by atoms with E-state index in [2.05, 4.69) is 20.7 Å². The summed E-state index contributed by atoms with van der Waals surface area (Å²) in [6.07, 6.45) is 1.66. The van der Waals surface area contributed by atoms with Crippen LogP contribution in [0.15, 0.2) is 41.5 Å². The molecule has 0 radical (unpaired) electrons. The predicted octanol–water partition coefficient (Wildman–Crippen LogP) is 3.13. The van der Waals surface area contributed by atoms with Gasteiger partial charge in [-0.25, -0.2) is 4.99 Å². The number of nitrogens with one attached hydrogen (secondary N) is 2. The number of aryl methyl sites for hydroxylation is 1. The molecule has 0 saturated carbocycles. The van der Waals surface area contributed by atoms with E-state index in [1.54, 1.807) is 13.3 Å². The lowest BCUT2D eigenvalue weighted by molar-refractivity contribution is 0.106. The van der Waals surface area contributed by atoms with Crippen molar-refractivity contribution in [2.75, 3.05) is 20.2 Å². The van der Waals surface area contributed by atoms with E-state index in [1.165, 1.54) is 0 Å². The standard InChI is InChI=1S/C17H24ClN5O.HI/c1-4-19-17(20-11-15-8-9-22-23(15)2)21-12-16(24-3)13-6-5-7-14(18)10-13;/h5-10,16H,4,11-12H2,1-3H3,(H2,19,20,21);1H. The second-order valence-electron chi connectivity index (χ2n) is 5.30. The molecule has 0 aliphatic carbocycles. The summed E-state index contributed by atoms with van der Waals surface area (Å²) in [6.45, 7) is 3.97. The first kappa shape index (κ1) is 21.7. The number of nitrogens with zero attached hydrogens (tertiary/aromatic N) is 3. The molecule has 0 amide bonds. The molecule has 0 spiro atoms. The van der Waals surface area contributed by atoms with Crippen LogP contribution >= 0.6 is 35.6 Å². The van der Waals surface area contributed by atoms with E-state index in [0.717, 1.165) is 23.8 Å². The molecule has 2 N–H and O–H groups in total. The monoisotopic (exact) mass is 477 g/mol. The van der Waals surface area contributed by atoms with Crippen LogP contribution in [0.4, 0.5) is 0 Å². The van der Waals surface area contributed by atoms with Gasteiger partial charge >= 0.3 is 0 Å². The molecule has 2 aromatic rings. The quantitative estimate of drug-likeness (QED) is 0.365. The van der Waals surface area contributed by atoms with E-state index in [9.17, 15) is 0 Å². The summed E-state index contributed by atoms with van der Waals surface area (Å²) in [5.41, 5.74) is 2.07. The summed E-state index contributed by atoms with van der Waals surface area (Å²) in [4.78, 5) is 4.59. The molecule has 1 aromatic carbocycles. The molecule has 1 atom stereocenters. The smallest absolute Gasteiger partial charge is 0.191 e. The summed E-state index contributed by atoms with van der Waals surface area (Å²) in [5.74, 6) is 0.739. The van der Waals surface area contributed by atoms with Gasteiger partial charge in [0.15, 0.2) is 5.96 Å². The van der Waals surface area contributed by atoms with Crippen LogP contribution in [0.1, 0.15) is 24.3 Å². The maximum Gasteiger partial charge on any atom is 0.191 e. The van der Waals surface area contributed by atoms with Crippen molar-refractivity contribution < 1.29 is 4.74 Å². The van der Waals surface area contributed by atoms with Crippen molar-refractivity contribution in [3.05, 3.63) is 52.8 Å². The Balaban J connectivity index is 0.00000312. The van der Waals surface area contributed by atoms with Crippen LogP contribution in [-0.4, -0.2) is 35.9 Å². The van der Waals surface area contributed by atoms with Gasteiger partial charge in [0, 0.05) is 38.5 Å². The maximum absolute atomic E-state index is 6.06. The average molecular weight is 478 g/mol. The Kier molecular flexibility index (Phi) is 9.84. The molecule has 2 rings (SSSR count). The third-order valence-electron chi connectivity index (χ3n) is 3.63. The largest absolute Gasteiger partial charge is 0.375 e. The van der Waals surface area contributed by atoms with Gasteiger partial charge in [0.1, 0.15) is 0 Å². The number of hydrogen-bond donors (Lipinski definition) is 2. The van der Waals surface area contributed by atoms with Crippen molar-refractivity contribution in [3.8, 4) is 0 Å². The molecule has 0 aliphatic heterocycles. The summed E-state index contributed by atoms with van der Waals surface area (Å²) in [7, 11) is 3.60. The Labute approximate surface area is 171 Å². The molecule has 25 heavy (non-hydrogen) atoms. The lowest BCUT2D eigenvalue weighted by Gasteiger charge is -2.19. The third-order valence-corrected chi connectivity index (χ3v) is 3.86. The van der Waals surface area contributed by atoms with Crippen LogP contribution in [0.2, 0.25) is 5.02 Å². The van der Waals surface area contributed by atoms with Crippen LogP contribution in [0.3, 0.4) is 0 Å². The minimum Gasteiger partial charge on any atom is -0.375 e. The van der Waals surface area contributed by atoms with Gasteiger partial charge in [0.2, 0.25) is 0 Å². The molecule has 0 bridgehead atoms. The summed E-state index contributed by atoms with van der Waals surface area (Å²) in [5, 5.41) is 11.4. The molecule has 1 aromatic heterocycles. The molecular weight excluding hydrogens is 453 g/mol. The van der Waals surface area contributed by atoms with Gasteiger partial charge in [0.25, 0.3) is 0 Å². The average Bonchev–Trinajstić information content (AvgIpc) is 2.98. The first-order chi connectivity index (χ1) is 11.6. The van der Waals surface area contributed by atoms with Crippen molar-refractivity contribution >= 4 is 41.5 Å². The number of methoxy groups -OCH3 is 1. The van der Waals surface area contributed by atoms with E-state index in [-0.39, 0.29) is 30.1 Å². The molecule has 138 valence electrons. The van der Waals surface area contributed by atoms with Crippen LogP contribution in [0, 0.1) is 0 Å². The van der Waals surface area contributed by atoms with Gasteiger partial charge in [-0.1, -0.05) is 23.7 Å². The second-order valence-corrected chi connectivity index (χ2v) is 5.74. The van der Waals surface area contributed by atoms with Crippen molar-refractivity contribution in [2.45, 2.75) is 19.6 Å². The zero-order chi connectivity index (χ0) is 17.4. The van der Waals surface area contributed by atoms with Gasteiger partial charge < -0.3 is 15.4 Å². The molecular formula is C17H25ClIN5O. The molecule has 1 heterocycles. The van der Waals surface area contributed by atoms with Crippen molar-refractivity contribution in [1.82, 2.24) is 20.4 Å². The van der Waals surface area contributed by atoms with E-state index in [1.807, 2.05) is 49.0 Å². The molecule has 1 unspecified atom stereocenters. The molecule has 0 aliphatic rings. The second kappa shape index (κ2) is 11.3. The Hall–Kier alpha value is -1.32. The van der Waals surface area contributed by atoms with E-state index in [0.29, 0.717) is 18.1 Å². The fourth-order valence-corrected chi connectivity index (χ4v) is 2.49. The first-order valence-electron chi connectivity index (χ1n) is 7.91. The first-order valence-corrected chi connectivity index (χ1v) is 8.29. The van der Waals surface area contributed by atoms with Crippen LogP contribution in [-0.2, 0) is 18.3 Å².